The van der Waals surface area contributed by atoms with Gasteiger partial charge in [0.15, 0.2) is 5.69 Å². The first-order valence-corrected chi connectivity index (χ1v) is 5.13. The molecule has 1 amide bonds. The van der Waals surface area contributed by atoms with Crippen LogP contribution in [0.5, 0.6) is 0 Å². The van der Waals surface area contributed by atoms with E-state index in [1.54, 1.807) is 16.8 Å². The van der Waals surface area contributed by atoms with E-state index in [1.165, 1.54) is 11.3 Å². The molecule has 2 rings (SSSR count). The largest absolute Gasteiger partial charge is 0.476 e. The average Bonchev–Trinajstić information content (AvgIpc) is 2.87. The highest BCUT2D eigenvalue weighted by atomic mass is 32.1. The Morgan fingerprint density at radius 2 is 2.31 bits per heavy atom. The van der Waals surface area contributed by atoms with Gasteiger partial charge in [-0.25, -0.2) is 4.79 Å². The molecule has 7 heteroatoms. The number of nitrogens with zero attached hydrogens (tertiary/aromatic N) is 1. The van der Waals surface area contributed by atoms with Crippen LogP contribution in [0.15, 0.2) is 27.5 Å². The van der Waals surface area contributed by atoms with E-state index in [0.717, 1.165) is 6.26 Å². The van der Waals surface area contributed by atoms with Crippen molar-refractivity contribution in [1.82, 2.24) is 4.98 Å². The van der Waals surface area contributed by atoms with Gasteiger partial charge < -0.3 is 9.52 Å². The van der Waals surface area contributed by atoms with Crippen molar-refractivity contribution in [2.45, 2.75) is 0 Å². The van der Waals surface area contributed by atoms with Crippen LogP contribution >= 0.6 is 11.3 Å². The Kier molecular flexibility index (Phi) is 2.69. The summed E-state index contributed by atoms with van der Waals surface area (Å²) in [6, 6.07) is 1.51. The molecular formula is C9H6N2O4S. The lowest BCUT2D eigenvalue weighted by atomic mass is 10.3. The summed E-state index contributed by atoms with van der Waals surface area (Å²) in [7, 11) is 0. The molecule has 0 atom stereocenters. The van der Waals surface area contributed by atoms with Crippen molar-refractivity contribution in [3.05, 3.63) is 34.3 Å². The van der Waals surface area contributed by atoms with E-state index in [-0.39, 0.29) is 17.6 Å². The molecule has 0 unspecified atom stereocenters. The molecule has 16 heavy (non-hydrogen) atoms. The van der Waals surface area contributed by atoms with E-state index in [4.69, 9.17) is 9.52 Å². The minimum absolute atomic E-state index is 0.131. The fourth-order valence-corrected chi connectivity index (χ4v) is 1.63. The highest BCUT2D eigenvalue weighted by molar-refractivity contribution is 7.08. The molecule has 0 bridgehead atoms. The van der Waals surface area contributed by atoms with Crippen molar-refractivity contribution in [2.75, 3.05) is 5.32 Å². The number of nitrogens with one attached hydrogen (secondary N) is 1. The standard InChI is InChI=1S/C9H6N2O4S/c12-7(5-1-2-16-4-5)11-9-10-6(3-15-9)8(13)14/h1-4H,(H,13,14)(H,10,11,12). The Bertz CT molecular complexity index is 517. The third-order valence-corrected chi connectivity index (χ3v) is 2.41. The summed E-state index contributed by atoms with van der Waals surface area (Å²) in [6.45, 7) is 0. The summed E-state index contributed by atoms with van der Waals surface area (Å²) >= 11 is 1.38. The molecule has 0 radical (unpaired) electrons. The first-order valence-electron chi connectivity index (χ1n) is 4.19. The van der Waals surface area contributed by atoms with E-state index in [0.29, 0.717) is 5.56 Å². The van der Waals surface area contributed by atoms with Gasteiger partial charge in [0.05, 0.1) is 5.56 Å². The predicted octanol–water partition coefficient (Wildman–Crippen LogP) is 1.69. The second kappa shape index (κ2) is 4.15. The van der Waals surface area contributed by atoms with Crippen molar-refractivity contribution < 1.29 is 19.1 Å². The molecule has 0 aliphatic carbocycles. The summed E-state index contributed by atoms with van der Waals surface area (Å²) in [4.78, 5) is 25.6. The van der Waals surface area contributed by atoms with Gasteiger partial charge in [0, 0.05) is 5.38 Å². The molecule has 0 fully saturated rings. The first-order chi connectivity index (χ1) is 7.66. The van der Waals surface area contributed by atoms with Gasteiger partial charge in [0.25, 0.3) is 5.91 Å². The van der Waals surface area contributed by atoms with Crippen molar-refractivity contribution in [3.63, 3.8) is 0 Å². The average molecular weight is 238 g/mol. The monoisotopic (exact) mass is 238 g/mol. The van der Waals surface area contributed by atoms with Crippen LogP contribution in [0, 0.1) is 0 Å². The number of thiophene rings is 1. The number of oxazole rings is 1. The summed E-state index contributed by atoms with van der Waals surface area (Å²) in [5.41, 5.74) is 0.223. The Balaban J connectivity index is 2.09. The number of hydrogen-bond acceptors (Lipinski definition) is 5. The lowest BCUT2D eigenvalue weighted by Crippen LogP contribution is -2.11. The van der Waals surface area contributed by atoms with Gasteiger partial charge in [-0.2, -0.15) is 16.3 Å². The topological polar surface area (TPSA) is 92.4 Å². The fourth-order valence-electron chi connectivity index (χ4n) is 0.992. The minimum atomic E-state index is -1.21. The Morgan fingerprint density at radius 1 is 1.50 bits per heavy atom. The summed E-state index contributed by atoms with van der Waals surface area (Å²) < 4.78 is 4.77. The van der Waals surface area contributed by atoms with Crippen molar-refractivity contribution in [1.29, 1.82) is 0 Å². The molecular weight excluding hydrogens is 232 g/mol. The number of carbonyl (C=O) groups excluding carboxylic acids is 1. The van der Waals surface area contributed by atoms with E-state index < -0.39 is 5.97 Å². The molecule has 0 saturated carbocycles. The molecule has 6 nitrogen and oxygen atoms in total. The number of aromatic nitrogens is 1. The second-order valence-electron chi connectivity index (χ2n) is 2.81. The predicted molar refractivity (Wildman–Crippen MR) is 55.7 cm³/mol. The Morgan fingerprint density at radius 3 is 2.88 bits per heavy atom. The van der Waals surface area contributed by atoms with E-state index >= 15 is 0 Å². The van der Waals surface area contributed by atoms with Gasteiger partial charge in [-0.05, 0) is 11.4 Å². The lowest BCUT2D eigenvalue weighted by molar-refractivity contribution is 0.0690. The van der Waals surface area contributed by atoms with Crippen LogP contribution in [-0.4, -0.2) is 22.0 Å². The molecule has 0 aliphatic rings. The normalized spacial score (nSPS) is 10.0. The van der Waals surface area contributed by atoms with Crippen LogP contribution in [0.3, 0.4) is 0 Å². The van der Waals surface area contributed by atoms with Crippen molar-refractivity contribution in [3.8, 4) is 0 Å². The highest BCUT2D eigenvalue weighted by Gasteiger charge is 2.13. The Labute approximate surface area is 93.5 Å². The van der Waals surface area contributed by atoms with Gasteiger partial charge in [0.1, 0.15) is 6.26 Å². The SMILES string of the molecule is O=C(Nc1nc(C(=O)O)co1)c1ccsc1. The summed E-state index contributed by atoms with van der Waals surface area (Å²) in [5.74, 6) is -1.60. The number of carboxylic acid groups (broad SMARTS) is 1. The number of amides is 1. The van der Waals surface area contributed by atoms with Crippen LogP contribution < -0.4 is 5.32 Å². The maximum atomic E-state index is 11.5. The van der Waals surface area contributed by atoms with Crippen LogP contribution in [0.25, 0.3) is 0 Å². The van der Waals surface area contributed by atoms with Crippen LogP contribution in [0.1, 0.15) is 20.8 Å². The van der Waals surface area contributed by atoms with Crippen LogP contribution in [-0.2, 0) is 0 Å². The maximum Gasteiger partial charge on any atom is 0.357 e. The van der Waals surface area contributed by atoms with Gasteiger partial charge in [-0.1, -0.05) is 0 Å². The van der Waals surface area contributed by atoms with E-state index in [9.17, 15) is 9.59 Å². The molecule has 0 aromatic carbocycles. The van der Waals surface area contributed by atoms with Crippen molar-refractivity contribution in [2.24, 2.45) is 0 Å². The molecule has 0 aliphatic heterocycles. The summed E-state index contributed by atoms with van der Waals surface area (Å²) in [6.07, 6.45) is 0.964. The molecule has 2 aromatic heterocycles. The molecule has 0 spiro atoms. The van der Waals surface area contributed by atoms with E-state index in [2.05, 4.69) is 10.3 Å². The molecule has 0 saturated heterocycles. The minimum Gasteiger partial charge on any atom is -0.476 e. The highest BCUT2D eigenvalue weighted by Crippen LogP contribution is 2.11. The number of carbonyl (C=O) groups is 2. The fraction of sp³-hybridized carbons (Fsp3) is 0. The quantitative estimate of drug-likeness (QED) is 0.848. The van der Waals surface area contributed by atoms with Gasteiger partial charge in [-0.3, -0.25) is 10.1 Å². The molecule has 2 N–H and O–H groups in total. The first kappa shape index (κ1) is 10.4. The molecule has 2 aromatic rings. The van der Waals surface area contributed by atoms with E-state index in [1.807, 2.05) is 0 Å². The Hall–Kier alpha value is -2.15. The summed E-state index contributed by atoms with van der Waals surface area (Å²) in [5, 5.41) is 14.3. The maximum absolute atomic E-state index is 11.5. The third kappa shape index (κ3) is 2.09. The zero-order valence-electron chi connectivity index (χ0n) is 7.84. The van der Waals surface area contributed by atoms with Crippen LogP contribution in [0.2, 0.25) is 0 Å². The zero-order chi connectivity index (χ0) is 11.5. The number of rotatable bonds is 3. The van der Waals surface area contributed by atoms with Gasteiger partial charge >= 0.3 is 12.0 Å². The third-order valence-electron chi connectivity index (χ3n) is 1.73. The van der Waals surface area contributed by atoms with Crippen LogP contribution in [0.4, 0.5) is 6.01 Å². The van der Waals surface area contributed by atoms with Gasteiger partial charge in [-0.15, -0.1) is 0 Å². The second-order valence-corrected chi connectivity index (χ2v) is 3.59. The number of hydrogen-bond donors (Lipinski definition) is 2. The number of carboxylic acids is 1. The molecule has 2 heterocycles. The van der Waals surface area contributed by atoms with Crippen molar-refractivity contribution >= 4 is 29.2 Å². The molecule has 82 valence electrons. The number of aromatic carboxylic acids is 1. The zero-order valence-corrected chi connectivity index (χ0v) is 8.65. The smallest absolute Gasteiger partial charge is 0.357 e. The lowest BCUT2D eigenvalue weighted by Gasteiger charge is -1.96. The van der Waals surface area contributed by atoms with Gasteiger partial charge in [0.2, 0.25) is 0 Å². The number of anilines is 1.